The Morgan fingerprint density at radius 3 is 2.63 bits per heavy atom. The second kappa shape index (κ2) is 5.89. The minimum Gasteiger partial charge on any atom is -0.398 e. The number of carbonyl (C=O) groups excluding carboxylic acids is 1. The number of aryl methyl sites for hydroxylation is 1. The van der Waals surface area contributed by atoms with Crippen LogP contribution in [0.1, 0.15) is 28.4 Å². The lowest BCUT2D eigenvalue weighted by atomic mass is 10.1. The van der Waals surface area contributed by atoms with Crippen LogP contribution < -0.4 is 5.73 Å². The van der Waals surface area contributed by atoms with Gasteiger partial charge >= 0.3 is 0 Å². The van der Waals surface area contributed by atoms with E-state index >= 15 is 0 Å². The van der Waals surface area contributed by atoms with Crippen LogP contribution in [0.4, 0.5) is 5.69 Å². The summed E-state index contributed by atoms with van der Waals surface area (Å²) >= 11 is 1.56. The van der Waals surface area contributed by atoms with Crippen LogP contribution in [-0.4, -0.2) is 17.4 Å². The van der Waals surface area contributed by atoms with Gasteiger partial charge in [0.1, 0.15) is 0 Å². The third-order valence-corrected chi connectivity index (χ3v) is 4.03. The third-order valence-electron chi connectivity index (χ3n) is 3.17. The number of benzene rings is 1. The first kappa shape index (κ1) is 13.6. The Morgan fingerprint density at radius 2 is 2.05 bits per heavy atom. The average Bonchev–Trinajstić information content (AvgIpc) is 2.83. The van der Waals surface area contributed by atoms with Crippen LogP contribution >= 0.6 is 11.3 Å². The van der Waals surface area contributed by atoms with Crippen molar-refractivity contribution in [2.45, 2.75) is 20.4 Å². The van der Waals surface area contributed by atoms with Crippen molar-refractivity contribution in [1.29, 1.82) is 0 Å². The van der Waals surface area contributed by atoms with E-state index < -0.39 is 0 Å². The van der Waals surface area contributed by atoms with Gasteiger partial charge in [-0.2, -0.15) is 11.3 Å². The first-order chi connectivity index (χ1) is 9.13. The number of rotatable bonds is 4. The Hall–Kier alpha value is -1.81. The molecule has 100 valence electrons. The molecule has 3 nitrogen and oxygen atoms in total. The average molecular weight is 274 g/mol. The van der Waals surface area contributed by atoms with Gasteiger partial charge in [-0.25, -0.2) is 0 Å². The van der Waals surface area contributed by atoms with Crippen molar-refractivity contribution in [2.75, 3.05) is 12.3 Å². The molecule has 0 unspecified atom stereocenters. The quantitative estimate of drug-likeness (QED) is 0.869. The molecule has 1 aromatic carbocycles. The van der Waals surface area contributed by atoms with Crippen molar-refractivity contribution in [3.05, 3.63) is 51.7 Å². The minimum atomic E-state index is 0.0736. The zero-order chi connectivity index (χ0) is 13.8. The van der Waals surface area contributed by atoms with Crippen LogP contribution in [-0.2, 0) is 6.54 Å². The van der Waals surface area contributed by atoms with Gasteiger partial charge in [-0.15, -0.1) is 0 Å². The molecule has 4 heteroatoms. The molecule has 1 heterocycles. The van der Waals surface area contributed by atoms with Crippen molar-refractivity contribution in [3.8, 4) is 0 Å². The highest BCUT2D eigenvalue weighted by molar-refractivity contribution is 7.08. The van der Waals surface area contributed by atoms with E-state index in [0.29, 0.717) is 13.1 Å². The SMILES string of the molecule is CCN(Cc1ccccc1N)C(=O)c1cscc1C. The maximum absolute atomic E-state index is 12.5. The Bertz CT molecular complexity index is 577. The summed E-state index contributed by atoms with van der Waals surface area (Å²) in [5.74, 6) is 0.0736. The lowest BCUT2D eigenvalue weighted by molar-refractivity contribution is 0.0753. The Kier molecular flexibility index (Phi) is 4.22. The molecule has 0 spiro atoms. The van der Waals surface area contributed by atoms with Crippen molar-refractivity contribution in [3.63, 3.8) is 0 Å². The molecule has 0 aliphatic heterocycles. The van der Waals surface area contributed by atoms with E-state index in [2.05, 4.69) is 0 Å². The highest BCUT2D eigenvalue weighted by Crippen LogP contribution is 2.19. The van der Waals surface area contributed by atoms with Gasteiger partial charge in [-0.05, 0) is 36.4 Å². The number of nitrogens with zero attached hydrogens (tertiary/aromatic N) is 1. The number of amides is 1. The highest BCUT2D eigenvalue weighted by Gasteiger charge is 2.17. The monoisotopic (exact) mass is 274 g/mol. The number of carbonyl (C=O) groups is 1. The molecule has 0 fully saturated rings. The molecule has 0 aliphatic carbocycles. The summed E-state index contributed by atoms with van der Waals surface area (Å²) in [5.41, 5.74) is 9.49. The van der Waals surface area contributed by atoms with Gasteiger partial charge in [0, 0.05) is 24.2 Å². The molecule has 2 rings (SSSR count). The maximum atomic E-state index is 12.5. The number of anilines is 1. The van der Waals surface area contributed by atoms with Gasteiger partial charge in [0.2, 0.25) is 0 Å². The van der Waals surface area contributed by atoms with Crippen LogP contribution in [0, 0.1) is 6.92 Å². The summed E-state index contributed by atoms with van der Waals surface area (Å²) in [5, 5.41) is 3.91. The van der Waals surface area contributed by atoms with Crippen LogP contribution in [0.5, 0.6) is 0 Å². The summed E-state index contributed by atoms with van der Waals surface area (Å²) in [6.45, 7) is 5.17. The van der Waals surface area contributed by atoms with Crippen molar-refractivity contribution < 1.29 is 4.79 Å². The van der Waals surface area contributed by atoms with Gasteiger partial charge in [-0.1, -0.05) is 18.2 Å². The second-order valence-corrected chi connectivity index (χ2v) is 5.23. The van der Waals surface area contributed by atoms with E-state index in [1.165, 1.54) is 0 Å². The molecule has 2 N–H and O–H groups in total. The number of para-hydroxylation sites is 1. The summed E-state index contributed by atoms with van der Waals surface area (Å²) in [6, 6.07) is 7.68. The summed E-state index contributed by atoms with van der Waals surface area (Å²) < 4.78 is 0. The smallest absolute Gasteiger partial charge is 0.255 e. The van der Waals surface area contributed by atoms with Gasteiger partial charge < -0.3 is 10.6 Å². The van der Waals surface area contributed by atoms with E-state index in [0.717, 1.165) is 22.4 Å². The van der Waals surface area contributed by atoms with E-state index in [-0.39, 0.29) is 5.91 Å². The number of hydrogen-bond acceptors (Lipinski definition) is 3. The molecule has 0 atom stereocenters. The van der Waals surface area contributed by atoms with Crippen LogP contribution in [0.2, 0.25) is 0 Å². The first-order valence-corrected chi connectivity index (χ1v) is 7.23. The van der Waals surface area contributed by atoms with Gasteiger partial charge in [-0.3, -0.25) is 4.79 Å². The molecular formula is C15H18N2OS. The predicted octanol–water partition coefficient (Wildman–Crippen LogP) is 3.30. The minimum absolute atomic E-state index is 0.0736. The number of nitrogen functional groups attached to an aromatic ring is 1. The zero-order valence-electron chi connectivity index (χ0n) is 11.2. The number of nitrogens with two attached hydrogens (primary N) is 1. The maximum Gasteiger partial charge on any atom is 0.255 e. The van der Waals surface area contributed by atoms with Gasteiger partial charge in [0.15, 0.2) is 0 Å². The fourth-order valence-corrected chi connectivity index (χ4v) is 2.78. The normalized spacial score (nSPS) is 10.4. The van der Waals surface area contributed by atoms with Gasteiger partial charge in [0.25, 0.3) is 5.91 Å². The lowest BCUT2D eigenvalue weighted by Crippen LogP contribution is -2.30. The van der Waals surface area contributed by atoms with Crippen molar-refractivity contribution in [1.82, 2.24) is 4.90 Å². The van der Waals surface area contributed by atoms with Crippen LogP contribution in [0.15, 0.2) is 35.0 Å². The van der Waals surface area contributed by atoms with Gasteiger partial charge in [0.05, 0.1) is 5.56 Å². The molecule has 0 bridgehead atoms. The van der Waals surface area contributed by atoms with E-state index in [1.807, 2.05) is 53.8 Å². The largest absolute Gasteiger partial charge is 0.398 e. The van der Waals surface area contributed by atoms with Crippen molar-refractivity contribution in [2.24, 2.45) is 0 Å². The summed E-state index contributed by atoms with van der Waals surface area (Å²) in [6.07, 6.45) is 0. The fourth-order valence-electron chi connectivity index (χ4n) is 1.96. The lowest BCUT2D eigenvalue weighted by Gasteiger charge is -2.21. The van der Waals surface area contributed by atoms with Crippen molar-refractivity contribution >= 4 is 22.9 Å². The molecule has 0 aliphatic rings. The molecule has 1 amide bonds. The van der Waals surface area contributed by atoms with E-state index in [9.17, 15) is 4.79 Å². The predicted molar refractivity (Wildman–Crippen MR) is 80.3 cm³/mol. The molecular weight excluding hydrogens is 256 g/mol. The highest BCUT2D eigenvalue weighted by atomic mass is 32.1. The van der Waals surface area contributed by atoms with Crippen LogP contribution in [0.3, 0.4) is 0 Å². The molecule has 0 saturated heterocycles. The number of hydrogen-bond donors (Lipinski definition) is 1. The molecule has 1 aromatic heterocycles. The summed E-state index contributed by atoms with van der Waals surface area (Å²) in [4.78, 5) is 14.3. The standard InChI is InChI=1S/C15H18N2OS/c1-3-17(8-12-6-4-5-7-14(12)16)15(18)13-10-19-9-11(13)2/h4-7,9-10H,3,8,16H2,1-2H3. The summed E-state index contributed by atoms with van der Waals surface area (Å²) in [7, 11) is 0. The molecule has 19 heavy (non-hydrogen) atoms. The Morgan fingerprint density at radius 1 is 1.32 bits per heavy atom. The van der Waals surface area contributed by atoms with Crippen LogP contribution in [0.25, 0.3) is 0 Å². The number of thiophene rings is 1. The van der Waals surface area contributed by atoms with E-state index in [1.54, 1.807) is 11.3 Å². The second-order valence-electron chi connectivity index (χ2n) is 4.49. The Balaban J connectivity index is 2.20. The first-order valence-electron chi connectivity index (χ1n) is 6.29. The molecule has 0 radical (unpaired) electrons. The van der Waals surface area contributed by atoms with E-state index in [4.69, 9.17) is 5.73 Å². The fraction of sp³-hybridized carbons (Fsp3) is 0.267. The molecule has 2 aromatic rings. The molecule has 0 saturated carbocycles. The topological polar surface area (TPSA) is 46.3 Å². The third kappa shape index (κ3) is 2.96. The zero-order valence-corrected chi connectivity index (χ0v) is 12.0. The Labute approximate surface area is 117 Å².